The lowest BCUT2D eigenvalue weighted by Crippen LogP contribution is -1.87. The molecule has 0 amide bonds. The smallest absolute Gasteiger partial charge is 0.165 e. The maximum atomic E-state index is 8.18. The topological polar surface area (TPSA) is 58.6 Å². The minimum atomic E-state index is 0.444. The van der Waals surface area contributed by atoms with Gasteiger partial charge in [0.2, 0.25) is 0 Å². The van der Waals surface area contributed by atoms with Crippen LogP contribution in [0.3, 0.4) is 0 Å². The van der Waals surface area contributed by atoms with Crippen LogP contribution in [0.15, 0.2) is 24.3 Å². The number of carbonyl (C=O) groups is 1. The third-order valence-corrected chi connectivity index (χ3v) is 1.25. The van der Waals surface area contributed by atoms with Gasteiger partial charge >= 0.3 is 0 Å². The SMILES string of the molecule is C=O.CC.CNc1ccc(OO)cc1. The summed E-state index contributed by atoms with van der Waals surface area (Å²) in [7, 11) is 1.83. The Morgan fingerprint density at radius 2 is 1.64 bits per heavy atom. The molecule has 0 bridgehead atoms. The van der Waals surface area contributed by atoms with Crippen molar-refractivity contribution < 1.29 is 14.9 Å². The zero-order chi connectivity index (χ0) is 11.4. The second kappa shape index (κ2) is 11.4. The summed E-state index contributed by atoms with van der Waals surface area (Å²) in [5, 5.41) is 11.1. The molecule has 0 aliphatic carbocycles. The van der Waals surface area contributed by atoms with E-state index in [0.29, 0.717) is 5.75 Å². The summed E-state index contributed by atoms with van der Waals surface area (Å²) in [6, 6.07) is 6.97. The van der Waals surface area contributed by atoms with E-state index in [0.717, 1.165) is 5.69 Å². The Hall–Kier alpha value is -1.55. The lowest BCUT2D eigenvalue weighted by molar-refractivity contribution is -0.137. The first-order valence-electron chi connectivity index (χ1n) is 4.25. The van der Waals surface area contributed by atoms with Crippen molar-refractivity contribution in [3.63, 3.8) is 0 Å². The molecule has 0 spiro atoms. The second-order valence-corrected chi connectivity index (χ2v) is 1.87. The van der Waals surface area contributed by atoms with Gasteiger partial charge in [-0.3, -0.25) is 0 Å². The quantitative estimate of drug-likeness (QED) is 0.567. The molecule has 0 unspecified atom stereocenters. The summed E-state index contributed by atoms with van der Waals surface area (Å²) >= 11 is 0. The molecular weight excluding hydrogens is 182 g/mol. The fraction of sp³-hybridized carbons (Fsp3) is 0.300. The highest BCUT2D eigenvalue weighted by atomic mass is 17.1. The summed E-state index contributed by atoms with van der Waals surface area (Å²) in [6.07, 6.45) is 0. The number of hydrogen-bond acceptors (Lipinski definition) is 4. The Kier molecular flexibility index (Phi) is 12.2. The number of hydrogen-bond donors (Lipinski definition) is 2. The molecule has 0 aliphatic heterocycles. The fourth-order valence-electron chi connectivity index (χ4n) is 0.682. The van der Waals surface area contributed by atoms with E-state index in [4.69, 9.17) is 10.1 Å². The summed E-state index contributed by atoms with van der Waals surface area (Å²) in [5.74, 6) is 0.444. The molecule has 4 nitrogen and oxygen atoms in total. The van der Waals surface area contributed by atoms with Gasteiger partial charge < -0.3 is 15.0 Å². The zero-order valence-electron chi connectivity index (χ0n) is 8.78. The van der Waals surface area contributed by atoms with Crippen molar-refractivity contribution in [3.05, 3.63) is 24.3 Å². The molecule has 4 heteroatoms. The Morgan fingerprint density at radius 1 is 1.21 bits per heavy atom. The number of anilines is 1. The lowest BCUT2D eigenvalue weighted by Gasteiger charge is -1.99. The Morgan fingerprint density at radius 3 is 1.93 bits per heavy atom. The van der Waals surface area contributed by atoms with Crippen LogP contribution in [0, 0.1) is 0 Å². The van der Waals surface area contributed by atoms with Gasteiger partial charge in [0.1, 0.15) is 6.79 Å². The molecule has 0 atom stereocenters. The number of nitrogens with one attached hydrogen (secondary N) is 1. The largest absolute Gasteiger partial charge is 0.388 e. The van der Waals surface area contributed by atoms with Crippen LogP contribution >= 0.6 is 0 Å². The molecule has 1 aromatic rings. The average molecular weight is 199 g/mol. The number of benzene rings is 1. The van der Waals surface area contributed by atoms with E-state index in [1.54, 1.807) is 12.1 Å². The van der Waals surface area contributed by atoms with Crippen LogP contribution < -0.4 is 10.2 Å². The molecule has 14 heavy (non-hydrogen) atoms. The van der Waals surface area contributed by atoms with E-state index < -0.39 is 0 Å². The number of carbonyl (C=O) groups excluding carboxylic acids is 1. The molecule has 2 N–H and O–H groups in total. The molecule has 0 heterocycles. The molecule has 0 aromatic heterocycles. The van der Waals surface area contributed by atoms with Gasteiger partial charge in [-0.1, -0.05) is 13.8 Å². The van der Waals surface area contributed by atoms with Gasteiger partial charge in [-0.25, -0.2) is 5.26 Å². The second-order valence-electron chi connectivity index (χ2n) is 1.87. The van der Waals surface area contributed by atoms with E-state index in [1.807, 2.05) is 39.8 Å². The van der Waals surface area contributed by atoms with E-state index in [-0.39, 0.29) is 0 Å². The van der Waals surface area contributed by atoms with E-state index in [9.17, 15) is 0 Å². The van der Waals surface area contributed by atoms with Gasteiger partial charge in [0, 0.05) is 12.7 Å². The molecule has 0 fully saturated rings. The summed E-state index contributed by atoms with van der Waals surface area (Å²) in [5.41, 5.74) is 0.987. The van der Waals surface area contributed by atoms with Crippen molar-refractivity contribution in [2.24, 2.45) is 0 Å². The Balaban J connectivity index is 0. The lowest BCUT2D eigenvalue weighted by atomic mass is 10.3. The highest BCUT2D eigenvalue weighted by Gasteiger charge is 1.90. The van der Waals surface area contributed by atoms with Crippen molar-refractivity contribution in [3.8, 4) is 5.75 Å². The molecular formula is C10H17NO3. The first kappa shape index (κ1) is 14.9. The maximum absolute atomic E-state index is 8.18. The van der Waals surface area contributed by atoms with Gasteiger partial charge in [-0.2, -0.15) is 0 Å². The summed E-state index contributed by atoms with van der Waals surface area (Å²) in [4.78, 5) is 12.0. The highest BCUT2D eigenvalue weighted by molar-refractivity contribution is 5.45. The minimum absolute atomic E-state index is 0.444. The standard InChI is InChI=1S/C7H9NO2.C2H6.CH2O/c1-8-6-2-4-7(10-9)5-3-6;2*1-2/h2-5,8-9H,1H3;1-2H3;1H2. The first-order chi connectivity index (χ1) is 6.86. The van der Waals surface area contributed by atoms with Crippen LogP contribution in [0.2, 0.25) is 0 Å². The summed E-state index contributed by atoms with van der Waals surface area (Å²) in [6.45, 7) is 6.00. The molecule has 80 valence electrons. The molecule has 1 aromatic carbocycles. The van der Waals surface area contributed by atoms with Crippen molar-refractivity contribution in [1.82, 2.24) is 0 Å². The summed E-state index contributed by atoms with van der Waals surface area (Å²) < 4.78 is 0. The van der Waals surface area contributed by atoms with E-state index in [1.165, 1.54) is 0 Å². The van der Waals surface area contributed by atoms with Crippen LogP contribution in [-0.2, 0) is 4.79 Å². The van der Waals surface area contributed by atoms with Crippen LogP contribution in [-0.4, -0.2) is 19.1 Å². The van der Waals surface area contributed by atoms with Crippen molar-refractivity contribution >= 4 is 12.5 Å². The van der Waals surface area contributed by atoms with Crippen LogP contribution in [0.5, 0.6) is 5.75 Å². The third-order valence-electron chi connectivity index (χ3n) is 1.25. The predicted molar refractivity (Wildman–Crippen MR) is 57.7 cm³/mol. The molecule has 0 saturated heterocycles. The van der Waals surface area contributed by atoms with E-state index >= 15 is 0 Å². The van der Waals surface area contributed by atoms with Crippen LogP contribution in [0.1, 0.15) is 13.8 Å². The third kappa shape index (κ3) is 6.02. The zero-order valence-corrected chi connectivity index (χ0v) is 8.78. The van der Waals surface area contributed by atoms with Gasteiger partial charge in [0.05, 0.1) is 0 Å². The van der Waals surface area contributed by atoms with Gasteiger partial charge in [-0.05, 0) is 24.3 Å². The van der Waals surface area contributed by atoms with Crippen LogP contribution in [0.4, 0.5) is 5.69 Å². The van der Waals surface area contributed by atoms with Gasteiger partial charge in [0.25, 0.3) is 0 Å². The monoisotopic (exact) mass is 199 g/mol. The molecule has 0 aliphatic rings. The Labute approximate surface area is 84.5 Å². The molecule has 1 rings (SSSR count). The normalized spacial score (nSPS) is 7.14. The average Bonchev–Trinajstić information content (AvgIpc) is 2.34. The van der Waals surface area contributed by atoms with Crippen molar-refractivity contribution in [1.29, 1.82) is 0 Å². The van der Waals surface area contributed by atoms with Gasteiger partial charge in [0.15, 0.2) is 5.75 Å². The fourth-order valence-corrected chi connectivity index (χ4v) is 0.682. The maximum Gasteiger partial charge on any atom is 0.165 e. The van der Waals surface area contributed by atoms with Gasteiger partial charge in [-0.15, -0.1) is 0 Å². The highest BCUT2D eigenvalue weighted by Crippen LogP contribution is 2.13. The van der Waals surface area contributed by atoms with Crippen molar-refractivity contribution in [2.75, 3.05) is 12.4 Å². The first-order valence-corrected chi connectivity index (χ1v) is 4.25. The number of rotatable bonds is 2. The Bertz CT molecular complexity index is 188. The molecule has 0 radical (unpaired) electrons. The minimum Gasteiger partial charge on any atom is -0.388 e. The van der Waals surface area contributed by atoms with E-state index in [2.05, 4.69) is 10.2 Å². The van der Waals surface area contributed by atoms with Crippen LogP contribution in [0.25, 0.3) is 0 Å². The van der Waals surface area contributed by atoms with Crippen molar-refractivity contribution in [2.45, 2.75) is 13.8 Å². The predicted octanol–water partition coefficient (Wildman–Crippen LogP) is 2.42. The molecule has 0 saturated carbocycles.